The van der Waals surface area contributed by atoms with Gasteiger partial charge in [-0.05, 0) is 19.1 Å². The van der Waals surface area contributed by atoms with E-state index in [9.17, 15) is 13.2 Å². The SMILES string of the molecule is C[C@@H](O)CNS(=O)(=O)c1cc(Cl)cc(C(=O)O)c1Cl. The number of aliphatic hydroxyl groups is 1. The van der Waals surface area contributed by atoms with Crippen molar-refractivity contribution >= 4 is 39.2 Å². The number of nitrogens with one attached hydrogen (secondary N) is 1. The van der Waals surface area contributed by atoms with Crippen LogP contribution in [0.25, 0.3) is 0 Å². The first-order chi connectivity index (χ1) is 8.65. The van der Waals surface area contributed by atoms with Crippen molar-refractivity contribution in [2.45, 2.75) is 17.9 Å². The highest BCUT2D eigenvalue weighted by Crippen LogP contribution is 2.29. The molecule has 0 radical (unpaired) electrons. The van der Waals surface area contributed by atoms with E-state index in [1.54, 1.807) is 0 Å². The van der Waals surface area contributed by atoms with E-state index < -0.39 is 37.6 Å². The van der Waals surface area contributed by atoms with Crippen molar-refractivity contribution in [2.75, 3.05) is 6.54 Å². The topological polar surface area (TPSA) is 104 Å². The van der Waals surface area contributed by atoms with Crippen molar-refractivity contribution in [3.05, 3.63) is 27.7 Å². The maximum Gasteiger partial charge on any atom is 0.337 e. The van der Waals surface area contributed by atoms with Crippen LogP contribution in [-0.4, -0.2) is 37.2 Å². The molecule has 1 rings (SSSR count). The van der Waals surface area contributed by atoms with E-state index in [1.165, 1.54) is 6.92 Å². The van der Waals surface area contributed by atoms with Gasteiger partial charge in [0, 0.05) is 11.6 Å². The van der Waals surface area contributed by atoms with Crippen molar-refractivity contribution < 1.29 is 23.4 Å². The van der Waals surface area contributed by atoms with Gasteiger partial charge in [0.1, 0.15) is 4.90 Å². The molecule has 19 heavy (non-hydrogen) atoms. The Morgan fingerprint density at radius 3 is 2.47 bits per heavy atom. The molecule has 0 amide bonds. The molecule has 0 heterocycles. The van der Waals surface area contributed by atoms with Gasteiger partial charge in [0.05, 0.1) is 16.7 Å². The Labute approximate surface area is 120 Å². The number of aliphatic hydroxyl groups excluding tert-OH is 1. The van der Waals surface area contributed by atoms with Gasteiger partial charge in [-0.3, -0.25) is 0 Å². The molecule has 0 saturated heterocycles. The third-order valence-electron chi connectivity index (χ3n) is 2.09. The van der Waals surface area contributed by atoms with Crippen molar-refractivity contribution in [3.8, 4) is 0 Å². The number of carboxylic acids is 1. The lowest BCUT2D eigenvalue weighted by molar-refractivity contribution is 0.0697. The Bertz CT molecular complexity index is 600. The number of hydrogen-bond donors (Lipinski definition) is 3. The summed E-state index contributed by atoms with van der Waals surface area (Å²) in [5.74, 6) is -1.39. The second-order valence-electron chi connectivity index (χ2n) is 3.77. The average Bonchev–Trinajstić information content (AvgIpc) is 2.28. The third-order valence-corrected chi connectivity index (χ3v) is 4.28. The fourth-order valence-electron chi connectivity index (χ4n) is 1.22. The normalized spacial score (nSPS) is 13.3. The van der Waals surface area contributed by atoms with Crippen LogP contribution in [0.1, 0.15) is 17.3 Å². The highest BCUT2D eigenvalue weighted by atomic mass is 35.5. The van der Waals surface area contributed by atoms with E-state index in [1.807, 2.05) is 0 Å². The highest BCUT2D eigenvalue weighted by Gasteiger charge is 2.23. The maximum absolute atomic E-state index is 11.9. The van der Waals surface area contributed by atoms with Gasteiger partial charge < -0.3 is 10.2 Å². The van der Waals surface area contributed by atoms with Crippen LogP contribution in [0.3, 0.4) is 0 Å². The van der Waals surface area contributed by atoms with Crippen molar-refractivity contribution in [1.29, 1.82) is 0 Å². The standard InChI is InChI=1S/C10H11Cl2NO5S/c1-5(14)4-13-19(17,18)8-3-6(11)2-7(9(8)12)10(15)16/h2-3,5,13-14H,4H2,1H3,(H,15,16)/t5-/m1/s1. The molecule has 106 valence electrons. The molecule has 3 N–H and O–H groups in total. The Morgan fingerprint density at radius 1 is 1.42 bits per heavy atom. The van der Waals surface area contributed by atoms with E-state index in [2.05, 4.69) is 4.72 Å². The van der Waals surface area contributed by atoms with Crippen LogP contribution in [0.15, 0.2) is 17.0 Å². The summed E-state index contributed by atoms with van der Waals surface area (Å²) in [6.45, 7) is 1.17. The minimum Gasteiger partial charge on any atom is -0.478 e. The molecule has 1 atom stereocenters. The molecule has 0 bridgehead atoms. The van der Waals surface area contributed by atoms with Gasteiger partial charge in [0.25, 0.3) is 0 Å². The fraction of sp³-hybridized carbons (Fsp3) is 0.300. The molecule has 0 saturated carbocycles. The first kappa shape index (κ1) is 16.2. The van der Waals surface area contributed by atoms with Crippen LogP contribution in [0.5, 0.6) is 0 Å². The zero-order valence-corrected chi connectivity index (χ0v) is 12.1. The van der Waals surface area contributed by atoms with Crippen LogP contribution in [0.4, 0.5) is 0 Å². The first-order valence-corrected chi connectivity index (χ1v) is 7.29. The molecule has 9 heteroatoms. The predicted octanol–water partition coefficient (Wildman–Crippen LogP) is 1.35. The van der Waals surface area contributed by atoms with Crippen LogP contribution < -0.4 is 4.72 Å². The average molecular weight is 328 g/mol. The van der Waals surface area contributed by atoms with Gasteiger partial charge >= 0.3 is 5.97 Å². The maximum atomic E-state index is 11.9. The Hall–Kier alpha value is -0.860. The van der Waals surface area contributed by atoms with E-state index in [0.29, 0.717) is 0 Å². The summed E-state index contributed by atoms with van der Waals surface area (Å²) < 4.78 is 25.9. The van der Waals surface area contributed by atoms with E-state index in [-0.39, 0.29) is 11.6 Å². The van der Waals surface area contributed by atoms with Gasteiger partial charge in [-0.1, -0.05) is 23.2 Å². The smallest absolute Gasteiger partial charge is 0.337 e. The van der Waals surface area contributed by atoms with Crippen molar-refractivity contribution in [3.63, 3.8) is 0 Å². The molecule has 0 fully saturated rings. The molecule has 0 aliphatic rings. The molecule has 6 nitrogen and oxygen atoms in total. The minimum atomic E-state index is -4.05. The molecule has 0 aromatic heterocycles. The molecule has 0 aliphatic carbocycles. The molecule has 1 aromatic carbocycles. The molecule has 0 spiro atoms. The fourth-order valence-corrected chi connectivity index (χ4v) is 3.25. The summed E-state index contributed by atoms with van der Waals surface area (Å²) in [6, 6.07) is 2.10. The second kappa shape index (κ2) is 6.06. The van der Waals surface area contributed by atoms with E-state index >= 15 is 0 Å². The van der Waals surface area contributed by atoms with Crippen LogP contribution in [0, 0.1) is 0 Å². The lowest BCUT2D eigenvalue weighted by atomic mass is 10.2. The monoisotopic (exact) mass is 327 g/mol. The summed E-state index contributed by atoms with van der Waals surface area (Å²) in [7, 11) is -4.05. The number of carboxylic acid groups (broad SMARTS) is 1. The molecule has 1 aromatic rings. The third kappa shape index (κ3) is 4.05. The quantitative estimate of drug-likeness (QED) is 0.757. The second-order valence-corrected chi connectivity index (χ2v) is 6.32. The molecular weight excluding hydrogens is 317 g/mol. The molecule has 0 aliphatic heterocycles. The Morgan fingerprint density at radius 2 is 2.00 bits per heavy atom. The predicted molar refractivity (Wildman–Crippen MR) is 70.3 cm³/mol. The summed E-state index contributed by atoms with van der Waals surface area (Å²) >= 11 is 11.4. The van der Waals surface area contributed by atoms with Crippen molar-refractivity contribution in [1.82, 2.24) is 4.72 Å². The Balaban J connectivity index is 3.31. The van der Waals surface area contributed by atoms with Gasteiger partial charge in [-0.25, -0.2) is 17.9 Å². The Kier molecular flexibility index (Phi) is 5.17. The summed E-state index contributed by atoms with van der Waals surface area (Å²) in [5.41, 5.74) is -0.411. The number of halogens is 2. The van der Waals surface area contributed by atoms with Crippen LogP contribution in [0.2, 0.25) is 10.0 Å². The number of rotatable bonds is 5. The number of sulfonamides is 1. The largest absolute Gasteiger partial charge is 0.478 e. The van der Waals surface area contributed by atoms with Crippen LogP contribution in [-0.2, 0) is 10.0 Å². The van der Waals surface area contributed by atoms with Gasteiger partial charge in [-0.2, -0.15) is 0 Å². The van der Waals surface area contributed by atoms with E-state index in [4.69, 9.17) is 33.4 Å². The highest BCUT2D eigenvalue weighted by molar-refractivity contribution is 7.89. The lowest BCUT2D eigenvalue weighted by Crippen LogP contribution is -2.31. The van der Waals surface area contributed by atoms with Crippen LogP contribution >= 0.6 is 23.2 Å². The van der Waals surface area contributed by atoms with Gasteiger partial charge in [0.15, 0.2) is 0 Å². The molecular formula is C10H11Cl2NO5S. The zero-order valence-electron chi connectivity index (χ0n) is 9.72. The minimum absolute atomic E-state index is 0.0702. The van der Waals surface area contributed by atoms with Gasteiger partial charge in [-0.15, -0.1) is 0 Å². The first-order valence-electron chi connectivity index (χ1n) is 5.05. The number of carbonyl (C=O) groups is 1. The number of hydrogen-bond acceptors (Lipinski definition) is 4. The summed E-state index contributed by atoms with van der Waals surface area (Å²) in [4.78, 5) is 10.5. The van der Waals surface area contributed by atoms with Gasteiger partial charge in [0.2, 0.25) is 10.0 Å². The number of benzene rings is 1. The lowest BCUT2D eigenvalue weighted by Gasteiger charge is -2.11. The number of aromatic carboxylic acids is 1. The van der Waals surface area contributed by atoms with E-state index in [0.717, 1.165) is 12.1 Å². The molecule has 0 unspecified atom stereocenters. The summed E-state index contributed by atoms with van der Waals surface area (Å²) in [5, 5.41) is 17.4. The summed E-state index contributed by atoms with van der Waals surface area (Å²) in [6.07, 6.45) is -0.897. The zero-order chi connectivity index (χ0) is 14.8. The van der Waals surface area contributed by atoms with Crippen molar-refractivity contribution in [2.24, 2.45) is 0 Å².